The summed E-state index contributed by atoms with van der Waals surface area (Å²) in [4.78, 5) is 12.5. The highest BCUT2D eigenvalue weighted by atomic mass is 16.6. The van der Waals surface area contributed by atoms with Crippen molar-refractivity contribution in [1.82, 2.24) is 0 Å². The Hall–Kier alpha value is -3.29. The molecule has 0 aliphatic heterocycles. The van der Waals surface area contributed by atoms with Crippen molar-refractivity contribution in [2.75, 3.05) is 42.7 Å². The molecule has 0 aromatic heterocycles. The third-order valence-corrected chi connectivity index (χ3v) is 3.96. The summed E-state index contributed by atoms with van der Waals surface area (Å²) in [7, 11) is 8.96. The van der Waals surface area contributed by atoms with Crippen LogP contribution in [0.15, 0.2) is 24.3 Å². The van der Waals surface area contributed by atoms with E-state index < -0.39 is 5.97 Å². The second-order valence-corrected chi connectivity index (χ2v) is 5.52. The molecule has 0 amide bonds. The van der Waals surface area contributed by atoms with E-state index in [1.54, 1.807) is 24.3 Å². The third-order valence-electron chi connectivity index (χ3n) is 3.96. The fourth-order valence-electron chi connectivity index (χ4n) is 2.72. The number of esters is 1. The van der Waals surface area contributed by atoms with Gasteiger partial charge in [-0.1, -0.05) is 0 Å². The Morgan fingerprint density at radius 2 is 1.11 bits per heavy atom. The topological polar surface area (TPSA) is 81.7 Å². The van der Waals surface area contributed by atoms with E-state index in [9.17, 15) is 4.79 Å². The van der Waals surface area contributed by atoms with Crippen LogP contribution in [-0.4, -0.2) is 48.6 Å². The maximum atomic E-state index is 12.5. The molecule has 0 unspecified atom stereocenters. The minimum Gasteiger partial charge on any atom is -0.493 e. The van der Waals surface area contributed by atoms with Crippen molar-refractivity contribution in [2.24, 2.45) is 0 Å². The summed E-state index contributed by atoms with van der Waals surface area (Å²) >= 11 is 0. The van der Waals surface area contributed by atoms with Crippen LogP contribution in [0.4, 0.5) is 0 Å². The van der Waals surface area contributed by atoms with Gasteiger partial charge in [0.1, 0.15) is 0 Å². The molecule has 28 heavy (non-hydrogen) atoms. The van der Waals surface area contributed by atoms with Gasteiger partial charge in [-0.3, -0.25) is 4.79 Å². The molecule has 8 heteroatoms. The van der Waals surface area contributed by atoms with E-state index in [-0.39, 0.29) is 17.9 Å². The SMILES string of the molecule is COc1cc(CC(=O)Oc2ccc(OC)c(OC)c2OC)cc(OC)c1OC. The molecule has 2 aromatic carbocycles. The quantitative estimate of drug-likeness (QED) is 0.476. The smallest absolute Gasteiger partial charge is 0.315 e. The van der Waals surface area contributed by atoms with E-state index in [2.05, 4.69) is 0 Å². The van der Waals surface area contributed by atoms with Gasteiger partial charge in [-0.05, 0) is 29.8 Å². The van der Waals surface area contributed by atoms with Crippen LogP contribution >= 0.6 is 0 Å². The first kappa shape index (κ1) is 21.0. The fourth-order valence-corrected chi connectivity index (χ4v) is 2.72. The van der Waals surface area contributed by atoms with Crippen LogP contribution in [0.2, 0.25) is 0 Å². The first-order chi connectivity index (χ1) is 13.5. The number of rotatable bonds is 9. The lowest BCUT2D eigenvalue weighted by Gasteiger charge is -2.16. The van der Waals surface area contributed by atoms with Crippen LogP contribution in [0.25, 0.3) is 0 Å². The molecule has 0 aliphatic rings. The van der Waals surface area contributed by atoms with Crippen LogP contribution in [-0.2, 0) is 11.2 Å². The number of ether oxygens (including phenoxy) is 7. The molecule has 2 rings (SSSR count). The average molecular weight is 392 g/mol. The summed E-state index contributed by atoms with van der Waals surface area (Å²) in [6, 6.07) is 6.58. The molecular formula is C20H24O8. The molecule has 0 bridgehead atoms. The minimum absolute atomic E-state index is 0.0196. The summed E-state index contributed by atoms with van der Waals surface area (Å²) in [5.74, 6) is 2.13. The minimum atomic E-state index is -0.500. The summed E-state index contributed by atoms with van der Waals surface area (Å²) in [6.07, 6.45) is -0.0196. The van der Waals surface area contributed by atoms with E-state index >= 15 is 0 Å². The Labute approximate surface area is 163 Å². The molecule has 2 aromatic rings. The van der Waals surface area contributed by atoms with E-state index in [1.807, 2.05) is 0 Å². The molecule has 0 heterocycles. The van der Waals surface area contributed by atoms with Crippen LogP contribution < -0.4 is 33.2 Å². The van der Waals surface area contributed by atoms with Crippen molar-refractivity contribution in [3.63, 3.8) is 0 Å². The number of carbonyl (C=O) groups is 1. The zero-order valence-electron chi connectivity index (χ0n) is 16.8. The largest absolute Gasteiger partial charge is 0.493 e. The zero-order chi connectivity index (χ0) is 20.7. The van der Waals surface area contributed by atoms with Crippen molar-refractivity contribution in [1.29, 1.82) is 0 Å². The first-order valence-electron chi connectivity index (χ1n) is 8.31. The van der Waals surface area contributed by atoms with Gasteiger partial charge < -0.3 is 33.2 Å². The lowest BCUT2D eigenvalue weighted by molar-refractivity contribution is -0.133. The third kappa shape index (κ3) is 4.33. The van der Waals surface area contributed by atoms with Gasteiger partial charge in [0.25, 0.3) is 0 Å². The molecule has 0 spiro atoms. The fraction of sp³-hybridized carbons (Fsp3) is 0.350. The maximum Gasteiger partial charge on any atom is 0.315 e. The van der Waals surface area contributed by atoms with E-state index in [0.29, 0.717) is 34.3 Å². The molecule has 0 saturated carbocycles. The van der Waals surface area contributed by atoms with Crippen molar-refractivity contribution in [3.8, 4) is 40.2 Å². The highest BCUT2D eigenvalue weighted by Gasteiger charge is 2.20. The van der Waals surface area contributed by atoms with Crippen molar-refractivity contribution < 1.29 is 38.0 Å². The number of methoxy groups -OCH3 is 6. The monoisotopic (exact) mass is 392 g/mol. The number of carbonyl (C=O) groups excluding carboxylic acids is 1. The standard InChI is InChI=1S/C20H24O8/c1-22-13-7-8-14(20(27-6)19(13)26-5)28-17(21)11-12-9-15(23-2)18(25-4)16(10-12)24-3/h7-10H,11H2,1-6H3. The van der Waals surface area contributed by atoms with Gasteiger partial charge >= 0.3 is 5.97 Å². The van der Waals surface area contributed by atoms with E-state index in [4.69, 9.17) is 33.2 Å². The van der Waals surface area contributed by atoms with Gasteiger partial charge in [-0.2, -0.15) is 0 Å². The molecule has 0 saturated heterocycles. The number of hydrogen-bond acceptors (Lipinski definition) is 8. The Morgan fingerprint density at radius 3 is 1.57 bits per heavy atom. The van der Waals surface area contributed by atoms with E-state index in [1.165, 1.54) is 42.7 Å². The molecule has 0 atom stereocenters. The molecule has 0 fully saturated rings. The summed E-state index contributed by atoms with van der Waals surface area (Å²) < 4.78 is 37.2. The molecule has 0 radical (unpaired) electrons. The van der Waals surface area contributed by atoms with Gasteiger partial charge in [-0.15, -0.1) is 0 Å². The van der Waals surface area contributed by atoms with Crippen LogP contribution in [0.1, 0.15) is 5.56 Å². The second kappa shape index (κ2) is 9.59. The predicted octanol–water partition coefficient (Wildman–Crippen LogP) is 2.89. The van der Waals surface area contributed by atoms with Crippen molar-refractivity contribution in [3.05, 3.63) is 29.8 Å². The lowest BCUT2D eigenvalue weighted by Crippen LogP contribution is -2.12. The highest BCUT2D eigenvalue weighted by Crippen LogP contribution is 2.44. The lowest BCUT2D eigenvalue weighted by atomic mass is 10.1. The molecule has 0 aliphatic carbocycles. The van der Waals surface area contributed by atoms with Crippen molar-refractivity contribution in [2.45, 2.75) is 6.42 Å². The van der Waals surface area contributed by atoms with E-state index in [0.717, 1.165) is 0 Å². The Bertz CT molecular complexity index is 806. The Kier molecular flexibility index (Phi) is 7.20. The number of hydrogen-bond donors (Lipinski definition) is 0. The van der Waals surface area contributed by atoms with Gasteiger partial charge in [0, 0.05) is 0 Å². The Morgan fingerprint density at radius 1 is 0.643 bits per heavy atom. The maximum absolute atomic E-state index is 12.5. The second-order valence-electron chi connectivity index (χ2n) is 5.52. The normalized spacial score (nSPS) is 10.1. The zero-order valence-corrected chi connectivity index (χ0v) is 16.8. The van der Waals surface area contributed by atoms with Gasteiger partial charge in [0.05, 0.1) is 49.1 Å². The highest BCUT2D eigenvalue weighted by molar-refractivity contribution is 5.77. The summed E-state index contributed by atoms with van der Waals surface area (Å²) in [5, 5.41) is 0. The predicted molar refractivity (Wildman–Crippen MR) is 102 cm³/mol. The number of benzene rings is 2. The van der Waals surface area contributed by atoms with Crippen LogP contribution in [0.5, 0.6) is 40.2 Å². The molecule has 152 valence electrons. The average Bonchev–Trinajstić information content (AvgIpc) is 2.72. The Balaban J connectivity index is 2.28. The van der Waals surface area contributed by atoms with Crippen LogP contribution in [0.3, 0.4) is 0 Å². The van der Waals surface area contributed by atoms with Gasteiger partial charge in [-0.25, -0.2) is 0 Å². The summed E-state index contributed by atoms with van der Waals surface area (Å²) in [5.41, 5.74) is 0.638. The van der Waals surface area contributed by atoms with Gasteiger partial charge in [0.2, 0.25) is 17.2 Å². The van der Waals surface area contributed by atoms with Crippen LogP contribution in [0, 0.1) is 0 Å². The first-order valence-corrected chi connectivity index (χ1v) is 8.31. The molecule has 0 N–H and O–H groups in total. The molecular weight excluding hydrogens is 368 g/mol. The molecule has 8 nitrogen and oxygen atoms in total. The van der Waals surface area contributed by atoms with Gasteiger partial charge in [0.15, 0.2) is 23.0 Å². The van der Waals surface area contributed by atoms with Crippen molar-refractivity contribution >= 4 is 5.97 Å². The summed E-state index contributed by atoms with van der Waals surface area (Å²) in [6.45, 7) is 0.